The van der Waals surface area contributed by atoms with Crippen LogP contribution in [0.4, 0.5) is 5.69 Å². The Morgan fingerprint density at radius 3 is 2.88 bits per heavy atom. The van der Waals surface area contributed by atoms with E-state index in [9.17, 15) is 4.79 Å². The van der Waals surface area contributed by atoms with Crippen LogP contribution in [-0.2, 0) is 6.54 Å². The fourth-order valence-electron chi connectivity index (χ4n) is 1.47. The van der Waals surface area contributed by atoms with Gasteiger partial charge in [0.25, 0.3) is 5.91 Å². The first kappa shape index (κ1) is 11.5. The van der Waals surface area contributed by atoms with Gasteiger partial charge in [0.05, 0.1) is 18.3 Å². The molecule has 0 unspecified atom stereocenters. The molecular weight excluding hydrogens is 240 g/mol. The number of benzene rings is 1. The minimum atomic E-state index is -0.505. The van der Waals surface area contributed by atoms with Gasteiger partial charge in [0.2, 0.25) is 0 Å². The Balaban J connectivity index is 2.25. The van der Waals surface area contributed by atoms with Gasteiger partial charge in [0.1, 0.15) is 0 Å². The van der Waals surface area contributed by atoms with Gasteiger partial charge in [0.15, 0.2) is 0 Å². The molecule has 1 heterocycles. The second kappa shape index (κ2) is 4.47. The first-order valence-electron chi connectivity index (χ1n) is 4.92. The molecule has 1 amide bonds. The van der Waals surface area contributed by atoms with Crippen LogP contribution < -0.4 is 11.5 Å². The molecule has 88 valence electrons. The Morgan fingerprint density at radius 2 is 2.24 bits per heavy atom. The normalized spacial score (nSPS) is 10.4. The van der Waals surface area contributed by atoms with Gasteiger partial charge in [0, 0.05) is 16.9 Å². The lowest BCUT2D eigenvalue weighted by atomic mass is 10.2. The smallest absolute Gasteiger partial charge is 0.251 e. The highest BCUT2D eigenvalue weighted by Gasteiger charge is 2.06. The van der Waals surface area contributed by atoms with Gasteiger partial charge >= 0.3 is 0 Å². The van der Waals surface area contributed by atoms with Gasteiger partial charge in [-0.2, -0.15) is 5.10 Å². The van der Waals surface area contributed by atoms with Crippen LogP contribution in [0, 0.1) is 0 Å². The van der Waals surface area contributed by atoms with Crippen LogP contribution in [0.1, 0.15) is 15.9 Å². The van der Waals surface area contributed by atoms with Gasteiger partial charge in [-0.25, -0.2) is 0 Å². The van der Waals surface area contributed by atoms with Crippen molar-refractivity contribution in [1.82, 2.24) is 9.78 Å². The summed E-state index contributed by atoms with van der Waals surface area (Å²) < 4.78 is 1.58. The van der Waals surface area contributed by atoms with Crippen molar-refractivity contribution in [2.24, 2.45) is 5.73 Å². The average molecular weight is 251 g/mol. The van der Waals surface area contributed by atoms with E-state index in [1.807, 2.05) is 0 Å². The molecule has 0 saturated carbocycles. The number of hydrogen-bond acceptors (Lipinski definition) is 3. The maximum absolute atomic E-state index is 10.9. The Morgan fingerprint density at radius 1 is 1.47 bits per heavy atom. The fourth-order valence-corrected chi connectivity index (χ4v) is 1.64. The summed E-state index contributed by atoms with van der Waals surface area (Å²) >= 11 is 6.03. The number of hydrogen-bond donors (Lipinski definition) is 2. The molecule has 0 atom stereocenters. The molecule has 1 aromatic carbocycles. The minimum Gasteiger partial charge on any atom is -0.399 e. The highest BCUT2D eigenvalue weighted by molar-refractivity contribution is 6.31. The SMILES string of the molecule is NC(=O)c1cnn(Cc2cc(N)ccc2Cl)c1. The minimum absolute atomic E-state index is 0.366. The van der Waals surface area contributed by atoms with Crippen molar-refractivity contribution in [2.45, 2.75) is 6.54 Å². The number of carbonyl (C=O) groups is 1. The van der Waals surface area contributed by atoms with Gasteiger partial charge in [-0.05, 0) is 23.8 Å². The van der Waals surface area contributed by atoms with E-state index in [1.165, 1.54) is 6.20 Å². The van der Waals surface area contributed by atoms with Crippen LogP contribution in [-0.4, -0.2) is 15.7 Å². The van der Waals surface area contributed by atoms with Crippen molar-refractivity contribution in [3.05, 3.63) is 46.7 Å². The van der Waals surface area contributed by atoms with Crippen LogP contribution >= 0.6 is 11.6 Å². The van der Waals surface area contributed by atoms with Crippen molar-refractivity contribution in [3.63, 3.8) is 0 Å². The summed E-state index contributed by atoms with van der Waals surface area (Å²) in [4.78, 5) is 10.9. The molecule has 0 aliphatic rings. The largest absolute Gasteiger partial charge is 0.399 e. The quantitative estimate of drug-likeness (QED) is 0.804. The first-order chi connectivity index (χ1) is 8.06. The highest BCUT2D eigenvalue weighted by atomic mass is 35.5. The number of carbonyl (C=O) groups excluding carboxylic acids is 1. The third kappa shape index (κ3) is 2.57. The number of amides is 1. The molecule has 4 N–H and O–H groups in total. The Labute approximate surface area is 103 Å². The molecule has 0 aliphatic heterocycles. The molecule has 0 bridgehead atoms. The number of anilines is 1. The van der Waals surface area contributed by atoms with E-state index in [0.29, 0.717) is 22.8 Å². The first-order valence-corrected chi connectivity index (χ1v) is 5.30. The molecule has 17 heavy (non-hydrogen) atoms. The molecule has 0 aliphatic carbocycles. The van der Waals surface area contributed by atoms with E-state index in [4.69, 9.17) is 23.1 Å². The second-order valence-corrected chi connectivity index (χ2v) is 4.05. The molecule has 5 nitrogen and oxygen atoms in total. The Kier molecular flexibility index (Phi) is 3.01. The monoisotopic (exact) mass is 250 g/mol. The fraction of sp³-hybridized carbons (Fsp3) is 0.0909. The van der Waals surface area contributed by atoms with Crippen LogP contribution in [0.25, 0.3) is 0 Å². The highest BCUT2D eigenvalue weighted by Crippen LogP contribution is 2.19. The number of aromatic nitrogens is 2. The molecule has 0 spiro atoms. The number of nitrogens with zero attached hydrogens (tertiary/aromatic N) is 2. The topological polar surface area (TPSA) is 86.9 Å². The number of nitrogen functional groups attached to an aromatic ring is 1. The molecule has 0 saturated heterocycles. The van der Waals surface area contributed by atoms with E-state index >= 15 is 0 Å². The second-order valence-electron chi connectivity index (χ2n) is 3.64. The van der Waals surface area contributed by atoms with Gasteiger partial charge in [-0.1, -0.05) is 11.6 Å². The summed E-state index contributed by atoms with van der Waals surface area (Å²) in [5.74, 6) is -0.505. The summed E-state index contributed by atoms with van der Waals surface area (Å²) in [7, 11) is 0. The lowest BCUT2D eigenvalue weighted by molar-refractivity contribution is 0.1000. The maximum Gasteiger partial charge on any atom is 0.251 e. The summed E-state index contributed by atoms with van der Waals surface area (Å²) in [6.07, 6.45) is 2.99. The van der Waals surface area contributed by atoms with Gasteiger partial charge < -0.3 is 11.5 Å². The molecule has 6 heteroatoms. The summed E-state index contributed by atoms with van der Waals surface area (Å²) in [6, 6.07) is 5.22. The van der Waals surface area contributed by atoms with Crippen LogP contribution in [0.2, 0.25) is 5.02 Å². The number of rotatable bonds is 3. The van der Waals surface area contributed by atoms with Crippen LogP contribution in [0.5, 0.6) is 0 Å². The molecule has 1 aromatic heterocycles. The number of nitrogens with two attached hydrogens (primary N) is 2. The molecule has 2 rings (SSSR count). The predicted octanol–water partition coefficient (Wildman–Crippen LogP) is 1.27. The van der Waals surface area contributed by atoms with Crippen LogP contribution in [0.15, 0.2) is 30.6 Å². The van der Waals surface area contributed by atoms with E-state index < -0.39 is 5.91 Å². The van der Waals surface area contributed by atoms with Gasteiger partial charge in [-0.3, -0.25) is 9.48 Å². The predicted molar refractivity (Wildman–Crippen MR) is 65.7 cm³/mol. The Bertz CT molecular complexity index is 564. The molecule has 0 fully saturated rings. The molecule has 2 aromatic rings. The summed E-state index contributed by atoms with van der Waals surface area (Å²) in [5, 5.41) is 4.63. The molecular formula is C11H11ClN4O. The lowest BCUT2D eigenvalue weighted by Crippen LogP contribution is -2.09. The van der Waals surface area contributed by atoms with E-state index in [2.05, 4.69) is 5.10 Å². The number of primary amides is 1. The van der Waals surface area contributed by atoms with E-state index in [1.54, 1.807) is 29.1 Å². The average Bonchev–Trinajstić information content (AvgIpc) is 2.72. The Hall–Kier alpha value is -2.01. The zero-order chi connectivity index (χ0) is 12.4. The summed E-state index contributed by atoms with van der Waals surface area (Å²) in [5.41, 5.74) is 12.6. The summed E-state index contributed by atoms with van der Waals surface area (Å²) in [6.45, 7) is 0.442. The number of halogens is 1. The van der Waals surface area contributed by atoms with E-state index in [-0.39, 0.29) is 0 Å². The van der Waals surface area contributed by atoms with E-state index in [0.717, 1.165) is 5.56 Å². The van der Waals surface area contributed by atoms with Gasteiger partial charge in [-0.15, -0.1) is 0 Å². The molecule has 0 radical (unpaired) electrons. The van der Waals surface area contributed by atoms with Crippen LogP contribution in [0.3, 0.4) is 0 Å². The third-order valence-electron chi connectivity index (χ3n) is 2.32. The van der Waals surface area contributed by atoms with Crippen molar-refractivity contribution in [3.8, 4) is 0 Å². The third-order valence-corrected chi connectivity index (χ3v) is 2.69. The zero-order valence-electron chi connectivity index (χ0n) is 8.93. The zero-order valence-corrected chi connectivity index (χ0v) is 9.69. The van der Waals surface area contributed by atoms with Crippen molar-refractivity contribution >= 4 is 23.2 Å². The van der Waals surface area contributed by atoms with Crippen molar-refractivity contribution < 1.29 is 4.79 Å². The standard InChI is InChI=1S/C11H11ClN4O/c12-10-2-1-9(13)3-7(10)5-16-6-8(4-15-16)11(14)17/h1-4,6H,5,13H2,(H2,14,17). The van der Waals surface area contributed by atoms with Crippen molar-refractivity contribution in [1.29, 1.82) is 0 Å². The maximum atomic E-state index is 10.9. The lowest BCUT2D eigenvalue weighted by Gasteiger charge is -2.05. The van der Waals surface area contributed by atoms with Crippen molar-refractivity contribution in [2.75, 3.05) is 5.73 Å².